The van der Waals surface area contributed by atoms with Gasteiger partial charge in [0.15, 0.2) is 6.17 Å². The van der Waals surface area contributed by atoms with Gasteiger partial charge in [-0.15, -0.1) is 0 Å². The molecule has 0 saturated carbocycles. The zero-order valence-corrected chi connectivity index (χ0v) is 29.9. The first-order valence-corrected chi connectivity index (χ1v) is 18.9. The molecule has 2 aliphatic carbocycles. The molecule has 5 heteroatoms. The molecule has 6 aromatic carbocycles. The number of nitrogens with one attached hydrogen (secondary N) is 2. The summed E-state index contributed by atoms with van der Waals surface area (Å²) in [5, 5.41) is 12.3. The van der Waals surface area contributed by atoms with Crippen LogP contribution < -0.4 is 10.6 Å². The van der Waals surface area contributed by atoms with Gasteiger partial charge in [0.2, 0.25) is 0 Å². The van der Waals surface area contributed by atoms with Crippen molar-refractivity contribution in [2.24, 2.45) is 15.0 Å². The van der Waals surface area contributed by atoms with Crippen LogP contribution in [-0.4, -0.2) is 23.4 Å². The molecule has 1 unspecified atom stereocenters. The quantitative estimate of drug-likeness (QED) is 0.182. The lowest BCUT2D eigenvalue weighted by Crippen LogP contribution is -2.42. The Hall–Kier alpha value is -6.59. The molecule has 4 aliphatic rings. The summed E-state index contributed by atoms with van der Waals surface area (Å²) in [6.07, 6.45) is 14.0. The predicted octanol–water partition coefficient (Wildman–Crippen LogP) is 10.5. The number of rotatable bonds is 6. The van der Waals surface area contributed by atoms with Gasteiger partial charge in [0.05, 0.1) is 17.5 Å². The molecule has 0 spiro atoms. The number of allylic oxidation sites excluding steroid dienone is 5. The lowest BCUT2D eigenvalue weighted by molar-refractivity contribution is 0.666. The zero-order valence-electron chi connectivity index (χ0n) is 29.9. The molecule has 2 atom stereocenters. The van der Waals surface area contributed by atoms with Crippen molar-refractivity contribution in [3.8, 4) is 0 Å². The van der Waals surface area contributed by atoms with E-state index in [-0.39, 0.29) is 12.0 Å². The normalized spacial score (nSPS) is 19.7. The Bertz CT molecular complexity index is 2530. The third kappa shape index (κ3) is 5.98. The van der Waals surface area contributed by atoms with E-state index < -0.39 is 6.17 Å². The Morgan fingerprint density at radius 1 is 0.574 bits per heavy atom. The Morgan fingerprint density at radius 2 is 1.20 bits per heavy atom. The first-order chi connectivity index (χ1) is 26.7. The van der Waals surface area contributed by atoms with E-state index in [1.165, 1.54) is 27.6 Å². The highest BCUT2D eigenvalue weighted by Gasteiger charge is 2.30. The average molecular weight is 698 g/mol. The maximum Gasteiger partial charge on any atom is 0.169 e. The van der Waals surface area contributed by atoms with Crippen LogP contribution in [0.3, 0.4) is 0 Å². The minimum Gasteiger partial charge on any atom is -0.374 e. The fourth-order valence-corrected chi connectivity index (χ4v) is 8.19. The van der Waals surface area contributed by atoms with Gasteiger partial charge in [-0.25, -0.2) is 15.0 Å². The van der Waals surface area contributed by atoms with Crippen LogP contribution in [0.15, 0.2) is 202 Å². The number of aliphatic imine (C=N–C) groups is 3. The summed E-state index contributed by atoms with van der Waals surface area (Å²) < 4.78 is 0. The second-order valence-electron chi connectivity index (χ2n) is 14.3. The summed E-state index contributed by atoms with van der Waals surface area (Å²) in [5.74, 6) is 1.88. The molecule has 6 aromatic rings. The van der Waals surface area contributed by atoms with Gasteiger partial charge in [0.1, 0.15) is 11.7 Å². The standard InChI is InChI=1S/C49H39N5/c1-3-15-35(16-4-1)45-46(36-17-5-2-6-18-36)51-44-31-38(29-30-43(44)50-45)32-25-27-37(28-26-32)47-52-48(41-23-11-19-33-13-7-9-21-39(33)41)54-49(53-47)42-24-12-20-34-14-8-10-22-40(34)42/h1,3-5,7-30,38,46-47,51H,2,6,31H2,(H,52,53,54)/t38-,46?/m1/s1. The predicted molar refractivity (Wildman–Crippen MR) is 223 cm³/mol. The van der Waals surface area contributed by atoms with Crippen molar-refractivity contribution in [2.45, 2.75) is 37.4 Å². The van der Waals surface area contributed by atoms with Crippen LogP contribution >= 0.6 is 0 Å². The highest BCUT2D eigenvalue weighted by atomic mass is 15.2. The van der Waals surface area contributed by atoms with E-state index in [1.807, 2.05) is 0 Å². The highest BCUT2D eigenvalue weighted by Crippen LogP contribution is 2.36. The van der Waals surface area contributed by atoms with Crippen molar-refractivity contribution in [3.05, 3.63) is 215 Å². The summed E-state index contributed by atoms with van der Waals surface area (Å²) in [5.41, 5.74) is 10.2. The van der Waals surface area contributed by atoms with Gasteiger partial charge in [-0.05, 0) is 69.1 Å². The molecular formula is C49H39N5. The number of nitrogens with zero attached hydrogens (tertiary/aromatic N) is 3. The van der Waals surface area contributed by atoms with E-state index in [9.17, 15) is 0 Å². The number of benzene rings is 6. The summed E-state index contributed by atoms with van der Waals surface area (Å²) in [6.45, 7) is 0. The molecule has 260 valence electrons. The summed E-state index contributed by atoms with van der Waals surface area (Å²) in [4.78, 5) is 15.8. The lowest BCUT2D eigenvalue weighted by atomic mass is 9.86. The summed E-state index contributed by atoms with van der Waals surface area (Å²) in [6, 6.07) is 49.3. The summed E-state index contributed by atoms with van der Waals surface area (Å²) in [7, 11) is 0. The average Bonchev–Trinajstić information content (AvgIpc) is 3.26. The van der Waals surface area contributed by atoms with Gasteiger partial charge < -0.3 is 10.6 Å². The molecule has 0 fully saturated rings. The molecule has 2 aliphatic heterocycles. The Balaban J connectivity index is 0.978. The highest BCUT2D eigenvalue weighted by molar-refractivity contribution is 6.22. The van der Waals surface area contributed by atoms with Crippen molar-refractivity contribution < 1.29 is 0 Å². The van der Waals surface area contributed by atoms with Crippen LogP contribution in [0.25, 0.3) is 21.5 Å². The zero-order chi connectivity index (χ0) is 35.8. The van der Waals surface area contributed by atoms with Crippen LogP contribution in [0, 0.1) is 0 Å². The van der Waals surface area contributed by atoms with Crippen LogP contribution in [-0.2, 0) is 0 Å². The molecule has 0 aromatic heterocycles. The van der Waals surface area contributed by atoms with Crippen molar-refractivity contribution in [2.75, 3.05) is 0 Å². The first kappa shape index (κ1) is 32.1. The molecule has 0 radical (unpaired) electrons. The number of fused-ring (bicyclic) bond motifs is 2. The summed E-state index contributed by atoms with van der Waals surface area (Å²) >= 11 is 0. The lowest BCUT2D eigenvalue weighted by Gasteiger charge is -2.33. The van der Waals surface area contributed by atoms with E-state index >= 15 is 0 Å². The number of hydrogen-bond donors (Lipinski definition) is 2. The van der Waals surface area contributed by atoms with Crippen molar-refractivity contribution >= 4 is 38.9 Å². The van der Waals surface area contributed by atoms with Gasteiger partial charge in [0, 0.05) is 22.7 Å². The van der Waals surface area contributed by atoms with Gasteiger partial charge in [-0.1, -0.05) is 164 Å². The maximum atomic E-state index is 5.27. The van der Waals surface area contributed by atoms with Gasteiger partial charge in [-0.2, -0.15) is 0 Å². The molecule has 2 N–H and O–H groups in total. The van der Waals surface area contributed by atoms with Gasteiger partial charge in [-0.3, -0.25) is 0 Å². The molecule has 5 nitrogen and oxygen atoms in total. The van der Waals surface area contributed by atoms with Gasteiger partial charge >= 0.3 is 0 Å². The van der Waals surface area contributed by atoms with E-state index in [4.69, 9.17) is 15.0 Å². The SMILES string of the molecule is C1=CC(C2NC3=C(C=C[C@@H](c4ccc(C5N=C(c6cccc7ccccc67)NC(c6cccc7ccccc67)=N5)cc4)C3)N=C2c2ccccc2)=CCC1. The van der Waals surface area contributed by atoms with E-state index in [2.05, 4.69) is 181 Å². The fourth-order valence-electron chi connectivity index (χ4n) is 8.19. The molecule has 54 heavy (non-hydrogen) atoms. The minimum atomic E-state index is -0.400. The van der Waals surface area contributed by atoms with E-state index in [1.54, 1.807) is 0 Å². The van der Waals surface area contributed by atoms with Crippen molar-refractivity contribution in [3.63, 3.8) is 0 Å². The van der Waals surface area contributed by atoms with E-state index in [0.29, 0.717) is 0 Å². The molecule has 0 saturated heterocycles. The molecular weight excluding hydrogens is 659 g/mol. The topological polar surface area (TPSA) is 61.1 Å². The van der Waals surface area contributed by atoms with Crippen LogP contribution in [0.5, 0.6) is 0 Å². The maximum absolute atomic E-state index is 5.27. The van der Waals surface area contributed by atoms with Crippen molar-refractivity contribution in [1.82, 2.24) is 10.6 Å². The van der Waals surface area contributed by atoms with Gasteiger partial charge in [0.25, 0.3) is 0 Å². The van der Waals surface area contributed by atoms with E-state index in [0.717, 1.165) is 75.4 Å². The van der Waals surface area contributed by atoms with Crippen LogP contribution in [0.1, 0.15) is 59.2 Å². The largest absolute Gasteiger partial charge is 0.374 e. The Morgan fingerprint density at radius 3 is 1.87 bits per heavy atom. The second kappa shape index (κ2) is 13.8. The molecule has 10 rings (SSSR count). The Labute approximate surface area is 315 Å². The molecule has 0 amide bonds. The fraction of sp³-hybridized carbons (Fsp3) is 0.122. The van der Waals surface area contributed by atoms with Crippen molar-refractivity contribution in [1.29, 1.82) is 0 Å². The Kier molecular flexibility index (Phi) is 8.17. The van der Waals surface area contributed by atoms with Crippen LogP contribution in [0.2, 0.25) is 0 Å². The monoisotopic (exact) mass is 697 g/mol. The third-order valence-electron chi connectivity index (χ3n) is 11.0. The second-order valence-corrected chi connectivity index (χ2v) is 14.3. The van der Waals surface area contributed by atoms with Crippen LogP contribution in [0.4, 0.5) is 0 Å². The molecule has 0 bridgehead atoms. The number of amidine groups is 2. The smallest absolute Gasteiger partial charge is 0.169 e. The number of hydrogen-bond acceptors (Lipinski definition) is 5. The third-order valence-corrected chi connectivity index (χ3v) is 11.0. The minimum absolute atomic E-state index is 0.0275. The molecule has 2 heterocycles. The first-order valence-electron chi connectivity index (χ1n) is 18.9.